The Morgan fingerprint density at radius 3 is 2.32 bits per heavy atom. The number of carboxylic acid groups (broad SMARTS) is 1. The predicted octanol–water partition coefficient (Wildman–Crippen LogP) is 4.31. The highest BCUT2D eigenvalue weighted by molar-refractivity contribution is 5.79. The lowest BCUT2D eigenvalue weighted by Gasteiger charge is -2.21. The fourth-order valence-electron chi connectivity index (χ4n) is 5.26. The summed E-state index contributed by atoms with van der Waals surface area (Å²) >= 11 is 0. The molecule has 0 radical (unpaired) electrons. The van der Waals surface area contributed by atoms with Crippen LogP contribution in [0.4, 0.5) is 4.79 Å². The second kappa shape index (κ2) is 10.7. The monoisotopic (exact) mass is 464 g/mol. The molecular formula is C27H32N2O5. The number of hydrogen-bond acceptors (Lipinski definition) is 4. The van der Waals surface area contributed by atoms with Gasteiger partial charge in [0, 0.05) is 24.9 Å². The third-order valence-corrected chi connectivity index (χ3v) is 6.91. The number of carboxylic acids is 1. The van der Waals surface area contributed by atoms with E-state index in [2.05, 4.69) is 34.9 Å². The molecule has 0 aliphatic heterocycles. The van der Waals surface area contributed by atoms with Gasteiger partial charge in [0.05, 0.1) is 6.42 Å². The number of benzene rings is 2. The number of carbonyl (C=O) groups is 3. The largest absolute Gasteiger partial charge is 0.481 e. The SMILES string of the molecule is CC(CNC(=O)OCC1c2ccccc2-c2ccccc21)CC(=O)NC1CCCC1CC(=O)O. The van der Waals surface area contributed by atoms with Gasteiger partial charge >= 0.3 is 12.1 Å². The molecule has 7 nitrogen and oxygen atoms in total. The zero-order valence-corrected chi connectivity index (χ0v) is 19.5. The van der Waals surface area contributed by atoms with E-state index in [-0.39, 0.29) is 49.2 Å². The van der Waals surface area contributed by atoms with Crippen molar-refractivity contribution in [3.8, 4) is 11.1 Å². The molecule has 3 atom stereocenters. The van der Waals surface area contributed by atoms with Crippen LogP contribution in [0, 0.1) is 11.8 Å². The van der Waals surface area contributed by atoms with Gasteiger partial charge in [-0.25, -0.2) is 4.79 Å². The van der Waals surface area contributed by atoms with Crippen molar-refractivity contribution in [3.05, 3.63) is 59.7 Å². The Hall–Kier alpha value is -3.35. The van der Waals surface area contributed by atoms with Gasteiger partial charge in [-0.15, -0.1) is 0 Å². The second-order valence-corrected chi connectivity index (χ2v) is 9.48. The third-order valence-electron chi connectivity index (χ3n) is 6.91. The maximum atomic E-state index is 12.4. The minimum atomic E-state index is -0.827. The summed E-state index contributed by atoms with van der Waals surface area (Å²) in [5.41, 5.74) is 4.68. The Morgan fingerprint density at radius 2 is 1.68 bits per heavy atom. The van der Waals surface area contributed by atoms with Crippen LogP contribution in [-0.2, 0) is 14.3 Å². The lowest BCUT2D eigenvalue weighted by atomic mass is 9.98. The molecule has 180 valence electrons. The fourth-order valence-corrected chi connectivity index (χ4v) is 5.26. The Kier molecular flexibility index (Phi) is 7.50. The van der Waals surface area contributed by atoms with Crippen LogP contribution in [-0.4, -0.2) is 42.3 Å². The summed E-state index contributed by atoms with van der Waals surface area (Å²) < 4.78 is 5.55. The smallest absolute Gasteiger partial charge is 0.407 e. The number of carbonyl (C=O) groups excluding carboxylic acids is 2. The molecule has 0 aromatic heterocycles. The van der Waals surface area contributed by atoms with Crippen molar-refractivity contribution in [2.75, 3.05) is 13.2 Å². The fraction of sp³-hybridized carbons (Fsp3) is 0.444. The van der Waals surface area contributed by atoms with Crippen LogP contribution in [0.25, 0.3) is 11.1 Å². The molecule has 2 aromatic carbocycles. The molecule has 4 rings (SSSR count). The van der Waals surface area contributed by atoms with E-state index in [0.29, 0.717) is 6.54 Å². The van der Waals surface area contributed by atoms with Gasteiger partial charge in [-0.05, 0) is 46.9 Å². The molecule has 34 heavy (non-hydrogen) atoms. The van der Waals surface area contributed by atoms with E-state index < -0.39 is 12.1 Å². The average molecular weight is 465 g/mol. The molecule has 2 aliphatic rings. The number of nitrogens with one attached hydrogen (secondary N) is 2. The number of aliphatic carboxylic acids is 1. The highest BCUT2D eigenvalue weighted by Crippen LogP contribution is 2.44. The molecule has 3 unspecified atom stereocenters. The van der Waals surface area contributed by atoms with Crippen molar-refractivity contribution < 1.29 is 24.2 Å². The number of alkyl carbamates (subject to hydrolysis) is 1. The van der Waals surface area contributed by atoms with Gasteiger partial charge in [-0.2, -0.15) is 0 Å². The highest BCUT2D eigenvalue weighted by atomic mass is 16.5. The van der Waals surface area contributed by atoms with Crippen LogP contribution < -0.4 is 10.6 Å². The zero-order chi connectivity index (χ0) is 24.1. The van der Waals surface area contributed by atoms with Gasteiger partial charge in [0.15, 0.2) is 0 Å². The number of hydrogen-bond donors (Lipinski definition) is 3. The predicted molar refractivity (Wildman–Crippen MR) is 128 cm³/mol. The van der Waals surface area contributed by atoms with Crippen molar-refractivity contribution in [1.29, 1.82) is 0 Å². The maximum Gasteiger partial charge on any atom is 0.407 e. The summed E-state index contributed by atoms with van der Waals surface area (Å²) in [5, 5.41) is 14.8. The minimum Gasteiger partial charge on any atom is -0.481 e. The molecule has 1 saturated carbocycles. The van der Waals surface area contributed by atoms with Crippen molar-refractivity contribution in [2.45, 2.75) is 51.0 Å². The quantitative estimate of drug-likeness (QED) is 0.513. The summed E-state index contributed by atoms with van der Waals surface area (Å²) in [6.07, 6.45) is 2.43. The summed E-state index contributed by atoms with van der Waals surface area (Å²) in [6.45, 7) is 2.47. The molecular weight excluding hydrogens is 432 g/mol. The number of fused-ring (bicyclic) bond motifs is 3. The van der Waals surface area contributed by atoms with Crippen LogP contribution >= 0.6 is 0 Å². The van der Waals surface area contributed by atoms with E-state index in [4.69, 9.17) is 9.84 Å². The zero-order valence-electron chi connectivity index (χ0n) is 19.5. The summed E-state index contributed by atoms with van der Waals surface area (Å²) in [4.78, 5) is 35.8. The Balaban J connectivity index is 1.22. The molecule has 0 bridgehead atoms. The molecule has 0 heterocycles. The van der Waals surface area contributed by atoms with Gasteiger partial charge in [-0.1, -0.05) is 61.9 Å². The molecule has 1 fully saturated rings. The number of amides is 2. The summed E-state index contributed by atoms with van der Waals surface area (Å²) in [5.74, 6) is -1.00. The van der Waals surface area contributed by atoms with Crippen molar-refractivity contribution in [3.63, 3.8) is 0 Å². The highest BCUT2D eigenvalue weighted by Gasteiger charge is 2.31. The van der Waals surface area contributed by atoms with Crippen LogP contribution in [0.5, 0.6) is 0 Å². The van der Waals surface area contributed by atoms with E-state index in [1.807, 2.05) is 31.2 Å². The van der Waals surface area contributed by atoms with E-state index in [1.54, 1.807) is 0 Å². The van der Waals surface area contributed by atoms with Gasteiger partial charge in [0.25, 0.3) is 0 Å². The van der Waals surface area contributed by atoms with E-state index in [0.717, 1.165) is 30.4 Å². The summed E-state index contributed by atoms with van der Waals surface area (Å²) in [6, 6.07) is 16.3. The van der Waals surface area contributed by atoms with E-state index in [1.165, 1.54) is 11.1 Å². The minimum absolute atomic E-state index is 0.00397. The van der Waals surface area contributed by atoms with Gasteiger partial charge in [0.1, 0.15) is 6.61 Å². The first-order valence-corrected chi connectivity index (χ1v) is 12.0. The normalized spacial score (nSPS) is 19.7. The van der Waals surface area contributed by atoms with Crippen LogP contribution in [0.1, 0.15) is 56.1 Å². The first-order chi connectivity index (χ1) is 16.4. The van der Waals surface area contributed by atoms with Crippen LogP contribution in [0.2, 0.25) is 0 Å². The number of rotatable bonds is 9. The third kappa shape index (κ3) is 5.58. The lowest BCUT2D eigenvalue weighted by Crippen LogP contribution is -2.39. The Bertz CT molecular complexity index is 1010. The van der Waals surface area contributed by atoms with Gasteiger partial charge < -0.3 is 20.5 Å². The van der Waals surface area contributed by atoms with Crippen molar-refractivity contribution >= 4 is 18.0 Å². The lowest BCUT2D eigenvalue weighted by molar-refractivity contribution is -0.138. The van der Waals surface area contributed by atoms with Gasteiger partial charge in [-0.3, -0.25) is 9.59 Å². The first-order valence-electron chi connectivity index (χ1n) is 12.0. The maximum absolute atomic E-state index is 12.4. The molecule has 2 aromatic rings. The average Bonchev–Trinajstić information content (AvgIpc) is 3.37. The molecule has 2 amide bonds. The molecule has 7 heteroatoms. The first kappa shape index (κ1) is 23.8. The Labute approximate surface area is 199 Å². The van der Waals surface area contributed by atoms with Crippen LogP contribution in [0.15, 0.2) is 48.5 Å². The molecule has 3 N–H and O–H groups in total. The van der Waals surface area contributed by atoms with Gasteiger partial charge in [0.2, 0.25) is 5.91 Å². The molecule has 0 saturated heterocycles. The van der Waals surface area contributed by atoms with E-state index in [9.17, 15) is 14.4 Å². The number of ether oxygens (including phenoxy) is 1. The molecule has 2 aliphatic carbocycles. The van der Waals surface area contributed by atoms with Crippen molar-refractivity contribution in [2.24, 2.45) is 11.8 Å². The van der Waals surface area contributed by atoms with Crippen molar-refractivity contribution in [1.82, 2.24) is 10.6 Å². The van der Waals surface area contributed by atoms with E-state index >= 15 is 0 Å². The summed E-state index contributed by atoms with van der Waals surface area (Å²) in [7, 11) is 0. The molecule has 0 spiro atoms. The standard InChI is InChI=1S/C27H32N2O5/c1-17(13-25(30)29-24-12-6-7-18(24)14-26(31)32)15-28-27(33)34-16-23-21-10-4-2-8-19(21)20-9-3-5-11-22(20)23/h2-5,8-11,17-18,23-24H,6-7,12-16H2,1H3,(H,28,33)(H,29,30)(H,31,32). The second-order valence-electron chi connectivity index (χ2n) is 9.48. The topological polar surface area (TPSA) is 105 Å². The van der Waals surface area contributed by atoms with Crippen LogP contribution in [0.3, 0.4) is 0 Å². The Morgan fingerprint density at radius 1 is 1.03 bits per heavy atom.